The molecule has 0 bridgehead atoms. The average molecular weight is 301 g/mol. The summed E-state index contributed by atoms with van der Waals surface area (Å²) in [5.74, 6) is 0.830. The number of benzene rings is 2. The molecule has 2 aromatic carbocycles. The number of fused-ring (bicyclic) bond motifs is 1. The van der Waals surface area contributed by atoms with Gasteiger partial charge in [-0.3, -0.25) is 4.79 Å². The molecule has 0 atom stereocenters. The summed E-state index contributed by atoms with van der Waals surface area (Å²) in [7, 11) is 0. The normalized spacial score (nSPS) is 11.8. The second-order valence-corrected chi connectivity index (χ2v) is 4.74. The molecule has 0 aromatic heterocycles. The first kappa shape index (κ1) is 13.3. The van der Waals surface area contributed by atoms with E-state index in [1.54, 1.807) is 30.3 Å². The second kappa shape index (κ2) is 5.35. The van der Waals surface area contributed by atoms with Crippen molar-refractivity contribution in [2.75, 3.05) is 12.1 Å². The third-order valence-corrected chi connectivity index (χ3v) is 3.29. The molecule has 21 heavy (non-hydrogen) atoms. The number of nitrogens with zero attached hydrogens (tertiary/aromatic N) is 1. The quantitative estimate of drug-likeness (QED) is 0.924. The Bertz CT molecular complexity index is 768. The highest BCUT2D eigenvalue weighted by Gasteiger charge is 2.16. The van der Waals surface area contributed by atoms with Crippen molar-refractivity contribution in [3.63, 3.8) is 0 Å². The number of amides is 1. The SMILES string of the molecule is N#Cc1ccc(NC(=O)c2ccc3c(c2)OCO3)c(Cl)c1. The maximum Gasteiger partial charge on any atom is 0.255 e. The summed E-state index contributed by atoms with van der Waals surface area (Å²) in [4.78, 5) is 12.2. The molecule has 0 radical (unpaired) electrons. The third kappa shape index (κ3) is 2.62. The van der Waals surface area contributed by atoms with Gasteiger partial charge in [0.2, 0.25) is 6.79 Å². The van der Waals surface area contributed by atoms with Crippen LogP contribution in [0, 0.1) is 11.3 Å². The van der Waals surface area contributed by atoms with Crippen molar-refractivity contribution in [1.29, 1.82) is 5.26 Å². The Kier molecular flexibility index (Phi) is 3.38. The van der Waals surface area contributed by atoms with Crippen molar-refractivity contribution >= 4 is 23.2 Å². The Labute approximate surface area is 125 Å². The van der Waals surface area contributed by atoms with Gasteiger partial charge in [-0.05, 0) is 36.4 Å². The molecule has 0 unspecified atom stereocenters. The molecule has 1 aliphatic rings. The molecule has 0 spiro atoms. The summed E-state index contributed by atoms with van der Waals surface area (Å²) >= 11 is 6.02. The van der Waals surface area contributed by atoms with Gasteiger partial charge in [0.1, 0.15) is 0 Å². The summed E-state index contributed by atoms with van der Waals surface area (Å²) in [6.45, 7) is 0.155. The van der Waals surface area contributed by atoms with Crippen molar-refractivity contribution in [3.05, 3.63) is 52.5 Å². The molecule has 0 saturated heterocycles. The Morgan fingerprint density at radius 3 is 2.76 bits per heavy atom. The molecule has 2 aromatic rings. The maximum absolute atomic E-state index is 12.2. The molecular formula is C15H9ClN2O3. The fourth-order valence-corrected chi connectivity index (χ4v) is 2.15. The van der Waals surface area contributed by atoms with Gasteiger partial charge in [-0.1, -0.05) is 11.6 Å². The monoisotopic (exact) mass is 300 g/mol. The number of nitrogens with one attached hydrogen (secondary N) is 1. The molecule has 6 heteroatoms. The average Bonchev–Trinajstić information content (AvgIpc) is 2.96. The summed E-state index contributed by atoms with van der Waals surface area (Å²) in [5, 5.41) is 11.8. The van der Waals surface area contributed by atoms with E-state index in [1.165, 1.54) is 6.07 Å². The molecule has 0 aliphatic carbocycles. The van der Waals surface area contributed by atoms with Gasteiger partial charge in [0.05, 0.1) is 22.3 Å². The number of ether oxygens (including phenoxy) is 2. The number of carbonyl (C=O) groups excluding carboxylic acids is 1. The number of nitriles is 1. The molecule has 1 aliphatic heterocycles. The third-order valence-electron chi connectivity index (χ3n) is 2.98. The van der Waals surface area contributed by atoms with Crippen LogP contribution in [0.5, 0.6) is 11.5 Å². The number of rotatable bonds is 2. The maximum atomic E-state index is 12.2. The van der Waals surface area contributed by atoms with Gasteiger partial charge < -0.3 is 14.8 Å². The zero-order chi connectivity index (χ0) is 14.8. The first-order valence-corrected chi connectivity index (χ1v) is 6.46. The largest absolute Gasteiger partial charge is 0.454 e. The lowest BCUT2D eigenvalue weighted by atomic mass is 10.1. The smallest absolute Gasteiger partial charge is 0.255 e. The van der Waals surface area contributed by atoms with Crippen molar-refractivity contribution in [1.82, 2.24) is 0 Å². The van der Waals surface area contributed by atoms with Crippen LogP contribution >= 0.6 is 11.6 Å². The summed E-state index contributed by atoms with van der Waals surface area (Å²) in [6.07, 6.45) is 0. The fraction of sp³-hybridized carbons (Fsp3) is 0.0667. The van der Waals surface area contributed by atoms with E-state index < -0.39 is 0 Å². The molecule has 5 nitrogen and oxygen atoms in total. The number of anilines is 1. The van der Waals surface area contributed by atoms with Crippen LogP contribution in [0.15, 0.2) is 36.4 Å². The summed E-state index contributed by atoms with van der Waals surface area (Å²) in [5.41, 5.74) is 1.30. The molecule has 0 saturated carbocycles. The van der Waals surface area contributed by atoms with Gasteiger partial charge >= 0.3 is 0 Å². The molecule has 0 fully saturated rings. The highest BCUT2D eigenvalue weighted by molar-refractivity contribution is 6.34. The summed E-state index contributed by atoms with van der Waals surface area (Å²) < 4.78 is 10.4. The highest BCUT2D eigenvalue weighted by atomic mass is 35.5. The van der Waals surface area contributed by atoms with E-state index in [9.17, 15) is 4.79 Å². The number of carbonyl (C=O) groups is 1. The zero-order valence-electron chi connectivity index (χ0n) is 10.7. The molecule has 1 amide bonds. The minimum Gasteiger partial charge on any atom is -0.454 e. The van der Waals surface area contributed by atoms with E-state index in [2.05, 4.69) is 5.32 Å². The van der Waals surface area contributed by atoms with E-state index in [0.29, 0.717) is 33.3 Å². The molecule has 3 rings (SSSR count). The van der Waals surface area contributed by atoms with Crippen LogP contribution in [0.25, 0.3) is 0 Å². The van der Waals surface area contributed by atoms with Gasteiger partial charge in [-0.25, -0.2) is 0 Å². The Balaban J connectivity index is 1.82. The van der Waals surface area contributed by atoms with Crippen LogP contribution in [0.3, 0.4) is 0 Å². The predicted molar refractivity (Wildman–Crippen MR) is 76.7 cm³/mol. The van der Waals surface area contributed by atoms with Crippen LogP contribution in [0.1, 0.15) is 15.9 Å². The van der Waals surface area contributed by atoms with Gasteiger partial charge in [-0.2, -0.15) is 5.26 Å². The van der Waals surface area contributed by atoms with Gasteiger partial charge in [-0.15, -0.1) is 0 Å². The minimum atomic E-state index is -0.320. The summed E-state index contributed by atoms with van der Waals surface area (Å²) in [6, 6.07) is 11.6. The molecule has 104 valence electrons. The Morgan fingerprint density at radius 1 is 1.19 bits per heavy atom. The van der Waals surface area contributed by atoms with Gasteiger partial charge in [0, 0.05) is 5.56 Å². The van der Waals surface area contributed by atoms with Crippen LogP contribution in [0.4, 0.5) is 5.69 Å². The van der Waals surface area contributed by atoms with Gasteiger partial charge in [0.15, 0.2) is 11.5 Å². The van der Waals surface area contributed by atoms with E-state index in [-0.39, 0.29) is 12.7 Å². The Hall–Kier alpha value is -2.71. The first-order chi connectivity index (χ1) is 10.2. The number of halogens is 1. The fourth-order valence-electron chi connectivity index (χ4n) is 1.92. The van der Waals surface area contributed by atoms with Crippen molar-refractivity contribution < 1.29 is 14.3 Å². The van der Waals surface area contributed by atoms with E-state index in [4.69, 9.17) is 26.3 Å². The van der Waals surface area contributed by atoms with Crippen LogP contribution < -0.4 is 14.8 Å². The molecule has 1 heterocycles. The van der Waals surface area contributed by atoms with Gasteiger partial charge in [0.25, 0.3) is 5.91 Å². The van der Waals surface area contributed by atoms with Crippen LogP contribution in [0.2, 0.25) is 5.02 Å². The van der Waals surface area contributed by atoms with Crippen molar-refractivity contribution in [2.24, 2.45) is 0 Å². The number of hydrogen-bond donors (Lipinski definition) is 1. The standard InChI is InChI=1S/C15H9ClN2O3/c16-11-5-9(7-17)1-3-12(11)18-15(19)10-2-4-13-14(6-10)21-8-20-13/h1-6H,8H2,(H,18,19). The lowest BCUT2D eigenvalue weighted by Gasteiger charge is -2.08. The molecule has 1 N–H and O–H groups in total. The van der Waals surface area contributed by atoms with Crippen LogP contribution in [-0.4, -0.2) is 12.7 Å². The van der Waals surface area contributed by atoms with Crippen molar-refractivity contribution in [3.8, 4) is 17.6 Å². The topological polar surface area (TPSA) is 71.4 Å². The van der Waals surface area contributed by atoms with Crippen molar-refractivity contribution in [2.45, 2.75) is 0 Å². The number of hydrogen-bond acceptors (Lipinski definition) is 4. The van der Waals surface area contributed by atoms with E-state index in [1.807, 2.05) is 6.07 Å². The highest BCUT2D eigenvalue weighted by Crippen LogP contribution is 2.33. The van der Waals surface area contributed by atoms with E-state index in [0.717, 1.165) is 0 Å². The lowest BCUT2D eigenvalue weighted by Crippen LogP contribution is -2.12. The minimum absolute atomic E-state index is 0.155. The lowest BCUT2D eigenvalue weighted by molar-refractivity contribution is 0.102. The zero-order valence-corrected chi connectivity index (χ0v) is 11.5. The predicted octanol–water partition coefficient (Wildman–Crippen LogP) is 3.19. The second-order valence-electron chi connectivity index (χ2n) is 4.33. The molecular weight excluding hydrogens is 292 g/mol. The van der Waals surface area contributed by atoms with E-state index >= 15 is 0 Å². The first-order valence-electron chi connectivity index (χ1n) is 6.08. The van der Waals surface area contributed by atoms with Crippen LogP contribution in [-0.2, 0) is 0 Å². The Morgan fingerprint density at radius 2 is 2.00 bits per heavy atom.